The minimum absolute atomic E-state index is 0.0116. The van der Waals surface area contributed by atoms with Crippen molar-refractivity contribution >= 4 is 17.6 Å². The normalized spacial score (nSPS) is 16.0. The number of halogens is 4. The summed E-state index contributed by atoms with van der Waals surface area (Å²) in [5.41, 5.74) is -1.48. The summed E-state index contributed by atoms with van der Waals surface area (Å²) in [5.74, 6) is -1.12. The van der Waals surface area contributed by atoms with E-state index in [1.807, 2.05) is 0 Å². The van der Waals surface area contributed by atoms with Gasteiger partial charge in [-0.1, -0.05) is 6.92 Å². The highest BCUT2D eigenvalue weighted by Crippen LogP contribution is 2.32. The van der Waals surface area contributed by atoms with Crippen LogP contribution in [0, 0.1) is 22.6 Å². The minimum Gasteiger partial charge on any atom is -0.343 e. The first-order valence-corrected chi connectivity index (χ1v) is 7.49. The maximum absolute atomic E-state index is 13.2. The molecular weight excluding hydrogens is 326 g/mol. The van der Waals surface area contributed by atoms with Crippen molar-refractivity contribution < 1.29 is 17.6 Å². The lowest BCUT2D eigenvalue weighted by atomic mass is 10.00. The van der Waals surface area contributed by atoms with E-state index in [4.69, 9.17) is 10.8 Å². The van der Waals surface area contributed by atoms with Gasteiger partial charge in [0.15, 0.2) is 11.9 Å². The highest BCUT2D eigenvalue weighted by molar-refractivity contribution is 6.02. The standard InChI is InChI=1S/C15H19F4N5/c1-9-4-6-24(7-5-9)14(21)23-13(20)22-10-2-3-12(16)11(8-10)15(17,18)19/h2-3,8-9H,4-7H2,1H3,(H4,20,21,22,23). The summed E-state index contributed by atoms with van der Waals surface area (Å²) >= 11 is 0. The van der Waals surface area contributed by atoms with Gasteiger partial charge in [-0.3, -0.25) is 16.1 Å². The number of anilines is 1. The van der Waals surface area contributed by atoms with Gasteiger partial charge in [0.05, 0.1) is 5.56 Å². The summed E-state index contributed by atoms with van der Waals surface area (Å²) < 4.78 is 51.2. The summed E-state index contributed by atoms with van der Waals surface area (Å²) in [6, 6.07) is 2.39. The van der Waals surface area contributed by atoms with E-state index in [-0.39, 0.29) is 17.6 Å². The second-order valence-electron chi connectivity index (χ2n) is 5.84. The molecule has 1 aromatic rings. The molecule has 1 aliphatic rings. The van der Waals surface area contributed by atoms with Crippen LogP contribution in [0.2, 0.25) is 0 Å². The Bertz CT molecular complexity index is 621. The molecule has 2 rings (SSSR count). The third-order valence-corrected chi connectivity index (χ3v) is 3.88. The van der Waals surface area contributed by atoms with E-state index in [2.05, 4.69) is 17.6 Å². The molecule has 0 atom stereocenters. The molecule has 1 heterocycles. The van der Waals surface area contributed by atoms with Crippen molar-refractivity contribution in [2.45, 2.75) is 25.9 Å². The first-order valence-electron chi connectivity index (χ1n) is 7.49. The molecular formula is C15H19F4N5. The molecule has 0 aromatic heterocycles. The average molecular weight is 345 g/mol. The lowest BCUT2D eigenvalue weighted by Crippen LogP contribution is -2.48. The summed E-state index contributed by atoms with van der Waals surface area (Å²) in [5, 5.41) is 20.5. The zero-order valence-corrected chi connectivity index (χ0v) is 13.1. The average Bonchev–Trinajstić information content (AvgIpc) is 2.48. The number of likely N-dealkylation sites (tertiary alicyclic amines) is 1. The van der Waals surface area contributed by atoms with Crippen molar-refractivity contribution in [3.8, 4) is 0 Å². The van der Waals surface area contributed by atoms with E-state index in [9.17, 15) is 17.6 Å². The zero-order valence-electron chi connectivity index (χ0n) is 13.1. The topological polar surface area (TPSA) is 75.0 Å². The van der Waals surface area contributed by atoms with Gasteiger partial charge in [0.1, 0.15) is 5.82 Å². The highest BCUT2D eigenvalue weighted by Gasteiger charge is 2.34. The van der Waals surface area contributed by atoms with Crippen LogP contribution in [0.5, 0.6) is 0 Å². The number of piperidine rings is 1. The molecule has 1 aromatic carbocycles. The Labute approximate surface area is 137 Å². The Morgan fingerprint density at radius 2 is 1.83 bits per heavy atom. The number of guanidine groups is 2. The second kappa shape index (κ2) is 7.06. The number of hydrogen-bond acceptors (Lipinski definition) is 2. The van der Waals surface area contributed by atoms with E-state index in [0.29, 0.717) is 31.1 Å². The second-order valence-corrected chi connectivity index (χ2v) is 5.84. The van der Waals surface area contributed by atoms with Gasteiger partial charge in [0, 0.05) is 18.8 Å². The van der Waals surface area contributed by atoms with E-state index in [0.717, 1.165) is 18.9 Å². The summed E-state index contributed by atoms with van der Waals surface area (Å²) in [4.78, 5) is 1.77. The lowest BCUT2D eigenvalue weighted by Gasteiger charge is -2.32. The molecule has 0 bridgehead atoms. The molecule has 0 spiro atoms. The van der Waals surface area contributed by atoms with E-state index in [1.165, 1.54) is 0 Å². The monoisotopic (exact) mass is 345 g/mol. The van der Waals surface area contributed by atoms with Crippen LogP contribution in [-0.4, -0.2) is 29.9 Å². The number of nitrogens with zero attached hydrogens (tertiary/aromatic N) is 1. The van der Waals surface area contributed by atoms with Gasteiger partial charge in [0.2, 0.25) is 0 Å². The summed E-state index contributed by atoms with van der Waals surface area (Å²) in [7, 11) is 0. The SMILES string of the molecule is CC1CCN(C(=N)NC(=N)Nc2ccc(F)c(C(F)(F)F)c2)CC1. The van der Waals surface area contributed by atoms with Crippen LogP contribution in [0.3, 0.4) is 0 Å². The number of hydrogen-bond donors (Lipinski definition) is 4. The Morgan fingerprint density at radius 1 is 1.21 bits per heavy atom. The van der Waals surface area contributed by atoms with Gasteiger partial charge >= 0.3 is 6.18 Å². The van der Waals surface area contributed by atoms with Crippen LogP contribution in [0.1, 0.15) is 25.3 Å². The van der Waals surface area contributed by atoms with Crippen LogP contribution >= 0.6 is 0 Å². The first kappa shape index (κ1) is 18.0. The van der Waals surface area contributed by atoms with Crippen molar-refractivity contribution in [2.75, 3.05) is 18.4 Å². The predicted octanol–water partition coefficient (Wildman–Crippen LogP) is 3.45. The molecule has 4 N–H and O–H groups in total. The molecule has 0 saturated carbocycles. The molecule has 1 aliphatic heterocycles. The van der Waals surface area contributed by atoms with Crippen LogP contribution in [0.4, 0.5) is 23.2 Å². The predicted molar refractivity (Wildman–Crippen MR) is 83.6 cm³/mol. The van der Waals surface area contributed by atoms with Gasteiger partial charge in [-0.05, 0) is 37.0 Å². The van der Waals surface area contributed by atoms with Crippen molar-refractivity contribution in [3.05, 3.63) is 29.6 Å². The summed E-state index contributed by atoms with van der Waals surface area (Å²) in [6.07, 6.45) is -2.93. The molecule has 0 radical (unpaired) electrons. The van der Waals surface area contributed by atoms with Gasteiger partial charge in [-0.2, -0.15) is 13.2 Å². The quantitative estimate of drug-likeness (QED) is 0.358. The fourth-order valence-electron chi connectivity index (χ4n) is 2.43. The van der Waals surface area contributed by atoms with Crippen LogP contribution in [0.15, 0.2) is 18.2 Å². The molecule has 5 nitrogen and oxygen atoms in total. The van der Waals surface area contributed by atoms with Gasteiger partial charge in [0.25, 0.3) is 0 Å². The molecule has 0 amide bonds. The third kappa shape index (κ3) is 4.59. The lowest BCUT2D eigenvalue weighted by molar-refractivity contribution is -0.139. The third-order valence-electron chi connectivity index (χ3n) is 3.88. The van der Waals surface area contributed by atoms with Gasteiger partial charge < -0.3 is 10.2 Å². The minimum atomic E-state index is -4.81. The fraction of sp³-hybridized carbons (Fsp3) is 0.467. The van der Waals surface area contributed by atoms with Crippen molar-refractivity contribution in [1.29, 1.82) is 10.8 Å². The van der Waals surface area contributed by atoms with Crippen molar-refractivity contribution in [2.24, 2.45) is 5.92 Å². The molecule has 132 valence electrons. The molecule has 9 heteroatoms. The smallest absolute Gasteiger partial charge is 0.343 e. The maximum atomic E-state index is 13.2. The first-order chi connectivity index (χ1) is 11.2. The van der Waals surface area contributed by atoms with E-state index < -0.39 is 17.6 Å². The fourth-order valence-corrected chi connectivity index (χ4v) is 2.43. The zero-order chi connectivity index (χ0) is 17.9. The number of rotatable bonds is 1. The Balaban J connectivity index is 1.96. The van der Waals surface area contributed by atoms with E-state index in [1.54, 1.807) is 4.90 Å². The largest absolute Gasteiger partial charge is 0.419 e. The Hall–Kier alpha value is -2.32. The molecule has 0 aliphatic carbocycles. The Kier molecular flexibility index (Phi) is 5.30. The summed E-state index contributed by atoms with van der Waals surface area (Å²) in [6.45, 7) is 3.51. The number of nitrogens with one attached hydrogen (secondary N) is 4. The molecule has 24 heavy (non-hydrogen) atoms. The molecule has 1 fully saturated rings. The molecule has 1 saturated heterocycles. The van der Waals surface area contributed by atoms with Crippen LogP contribution in [-0.2, 0) is 6.18 Å². The highest BCUT2D eigenvalue weighted by atomic mass is 19.4. The maximum Gasteiger partial charge on any atom is 0.419 e. The van der Waals surface area contributed by atoms with Crippen molar-refractivity contribution in [3.63, 3.8) is 0 Å². The molecule has 0 unspecified atom stereocenters. The Morgan fingerprint density at radius 3 is 2.42 bits per heavy atom. The number of benzene rings is 1. The van der Waals surface area contributed by atoms with Gasteiger partial charge in [-0.15, -0.1) is 0 Å². The van der Waals surface area contributed by atoms with Crippen LogP contribution < -0.4 is 10.6 Å². The van der Waals surface area contributed by atoms with E-state index >= 15 is 0 Å². The van der Waals surface area contributed by atoms with Crippen LogP contribution in [0.25, 0.3) is 0 Å². The number of alkyl halides is 3. The van der Waals surface area contributed by atoms with Crippen molar-refractivity contribution in [1.82, 2.24) is 10.2 Å². The van der Waals surface area contributed by atoms with Gasteiger partial charge in [-0.25, -0.2) is 4.39 Å².